The number of nitrogens with one attached hydrogen (secondary N) is 1. The Morgan fingerprint density at radius 1 is 1.19 bits per heavy atom. The van der Waals surface area contributed by atoms with Gasteiger partial charge in [-0.3, -0.25) is 0 Å². The molecule has 0 atom stereocenters. The molecule has 0 amide bonds. The summed E-state index contributed by atoms with van der Waals surface area (Å²) in [6.45, 7) is 0. The smallest absolute Gasteiger partial charge is 0.121 e. The second-order valence-corrected chi connectivity index (χ2v) is 4.05. The van der Waals surface area contributed by atoms with E-state index >= 15 is 0 Å². The summed E-state index contributed by atoms with van der Waals surface area (Å²) in [5.41, 5.74) is 3.19. The minimum atomic E-state index is 0.383. The average Bonchev–Trinajstić information content (AvgIpc) is 2.33. The van der Waals surface area contributed by atoms with Gasteiger partial charge in [0.2, 0.25) is 0 Å². The number of hydrogen-bond acceptors (Lipinski definition) is 2. The Labute approximate surface area is 94.2 Å². The summed E-state index contributed by atoms with van der Waals surface area (Å²) in [7, 11) is 1.88. The van der Waals surface area contributed by atoms with E-state index in [2.05, 4.69) is 29.6 Å². The van der Waals surface area contributed by atoms with E-state index in [9.17, 15) is 5.11 Å². The highest BCUT2D eigenvalue weighted by Crippen LogP contribution is 2.36. The molecule has 0 radical (unpaired) electrons. The molecule has 0 aliphatic heterocycles. The van der Waals surface area contributed by atoms with Crippen LogP contribution in [0.5, 0.6) is 0 Å². The van der Waals surface area contributed by atoms with Gasteiger partial charge in [-0.1, -0.05) is 24.3 Å². The molecule has 0 spiro atoms. The average molecular weight is 211 g/mol. The molecule has 3 rings (SSSR count). The van der Waals surface area contributed by atoms with Crippen molar-refractivity contribution in [1.82, 2.24) is 0 Å². The van der Waals surface area contributed by atoms with Gasteiger partial charge in [-0.25, -0.2) is 0 Å². The number of aliphatic hydroxyl groups excluding tert-OH is 1. The summed E-state index contributed by atoms with van der Waals surface area (Å²) in [6.07, 6.45) is 2.68. The molecule has 0 unspecified atom stereocenters. The number of rotatable bonds is 1. The Balaban J connectivity index is 2.49. The van der Waals surface area contributed by atoms with Gasteiger partial charge in [-0.05, 0) is 34.9 Å². The maximum Gasteiger partial charge on any atom is 0.121 e. The molecule has 2 heteroatoms. The summed E-state index contributed by atoms with van der Waals surface area (Å²) < 4.78 is 0. The van der Waals surface area contributed by atoms with Crippen molar-refractivity contribution in [2.24, 2.45) is 0 Å². The number of benzene rings is 2. The molecule has 1 aliphatic carbocycles. The maximum atomic E-state index is 10.0. The van der Waals surface area contributed by atoms with Crippen LogP contribution in [-0.4, -0.2) is 12.2 Å². The molecule has 0 saturated heterocycles. The first-order chi connectivity index (χ1) is 7.81. The van der Waals surface area contributed by atoms with Gasteiger partial charge in [0.05, 0.1) is 0 Å². The largest absolute Gasteiger partial charge is 0.508 e. The topological polar surface area (TPSA) is 32.3 Å². The van der Waals surface area contributed by atoms with E-state index in [4.69, 9.17) is 0 Å². The van der Waals surface area contributed by atoms with E-state index in [0.717, 1.165) is 17.7 Å². The minimum absolute atomic E-state index is 0.383. The second-order valence-electron chi connectivity index (χ2n) is 4.05. The Morgan fingerprint density at radius 2 is 2.06 bits per heavy atom. The molecule has 1 aliphatic rings. The van der Waals surface area contributed by atoms with Gasteiger partial charge in [0, 0.05) is 18.3 Å². The molecule has 16 heavy (non-hydrogen) atoms. The van der Waals surface area contributed by atoms with E-state index in [1.807, 2.05) is 19.2 Å². The normalized spacial score (nSPS) is 13.7. The highest BCUT2D eigenvalue weighted by molar-refractivity contribution is 6.01. The fraction of sp³-hybridized carbons (Fsp3) is 0.143. The van der Waals surface area contributed by atoms with Crippen LogP contribution in [0.4, 0.5) is 5.69 Å². The molecule has 0 aromatic heterocycles. The Bertz CT molecular complexity index is 599. The van der Waals surface area contributed by atoms with Crippen LogP contribution in [0.2, 0.25) is 0 Å². The minimum Gasteiger partial charge on any atom is -0.508 e. The number of aliphatic hydroxyl groups is 1. The third-order valence-electron chi connectivity index (χ3n) is 3.17. The summed E-state index contributed by atoms with van der Waals surface area (Å²) in [6, 6.07) is 10.4. The van der Waals surface area contributed by atoms with Gasteiger partial charge in [0.25, 0.3) is 0 Å². The van der Waals surface area contributed by atoms with Crippen LogP contribution in [-0.2, 0) is 6.42 Å². The maximum absolute atomic E-state index is 10.0. The fourth-order valence-corrected chi connectivity index (χ4v) is 2.41. The van der Waals surface area contributed by atoms with E-state index < -0.39 is 0 Å². The molecule has 0 heterocycles. The highest BCUT2D eigenvalue weighted by Gasteiger charge is 2.17. The van der Waals surface area contributed by atoms with Gasteiger partial charge in [-0.15, -0.1) is 0 Å². The summed E-state index contributed by atoms with van der Waals surface area (Å²) in [5, 5.41) is 15.5. The molecule has 0 saturated carbocycles. The molecule has 2 aromatic carbocycles. The zero-order valence-corrected chi connectivity index (χ0v) is 9.12. The third-order valence-corrected chi connectivity index (χ3v) is 3.17. The van der Waals surface area contributed by atoms with E-state index in [-0.39, 0.29) is 0 Å². The monoisotopic (exact) mass is 211 g/mol. The predicted molar refractivity (Wildman–Crippen MR) is 67.8 cm³/mol. The van der Waals surface area contributed by atoms with Crippen LogP contribution in [0.25, 0.3) is 16.5 Å². The van der Waals surface area contributed by atoms with Crippen molar-refractivity contribution in [3.05, 3.63) is 47.5 Å². The van der Waals surface area contributed by atoms with Crippen LogP contribution in [0.3, 0.4) is 0 Å². The van der Waals surface area contributed by atoms with E-state index in [1.165, 1.54) is 16.3 Å². The van der Waals surface area contributed by atoms with E-state index in [0.29, 0.717) is 5.76 Å². The van der Waals surface area contributed by atoms with Crippen molar-refractivity contribution in [3.8, 4) is 0 Å². The lowest BCUT2D eigenvalue weighted by atomic mass is 9.91. The van der Waals surface area contributed by atoms with E-state index in [1.54, 1.807) is 0 Å². The fourth-order valence-electron chi connectivity index (χ4n) is 2.41. The molecule has 0 fully saturated rings. The first-order valence-corrected chi connectivity index (χ1v) is 5.43. The molecule has 2 nitrogen and oxygen atoms in total. The lowest BCUT2D eigenvalue weighted by Gasteiger charge is -2.18. The molecular formula is C14H13NO. The summed E-state index contributed by atoms with van der Waals surface area (Å²) in [5.74, 6) is 0.383. The van der Waals surface area contributed by atoms with Crippen molar-refractivity contribution in [1.29, 1.82) is 0 Å². The van der Waals surface area contributed by atoms with Gasteiger partial charge in [0.15, 0.2) is 0 Å². The van der Waals surface area contributed by atoms with Crippen LogP contribution in [0.1, 0.15) is 11.1 Å². The molecule has 0 bridgehead atoms. The second kappa shape index (κ2) is 3.27. The van der Waals surface area contributed by atoms with Crippen LogP contribution in [0.15, 0.2) is 36.4 Å². The Kier molecular flexibility index (Phi) is 1.90. The third kappa shape index (κ3) is 1.13. The molecule has 2 N–H and O–H groups in total. The molecule has 2 aromatic rings. The summed E-state index contributed by atoms with van der Waals surface area (Å²) in [4.78, 5) is 0. The van der Waals surface area contributed by atoms with Crippen molar-refractivity contribution in [2.75, 3.05) is 12.4 Å². The zero-order chi connectivity index (χ0) is 11.1. The first-order valence-electron chi connectivity index (χ1n) is 5.43. The van der Waals surface area contributed by atoms with Gasteiger partial charge < -0.3 is 10.4 Å². The number of anilines is 1. The predicted octanol–water partition coefficient (Wildman–Crippen LogP) is 3.34. The standard InChI is InChI=1S/C14H13NO/c1-15-11-7-5-9-3-2-4-10-6-8-12(16)14(11)13(9)10/h2-5,7-8,15-16H,6H2,1H3. The van der Waals surface area contributed by atoms with Crippen LogP contribution in [0, 0.1) is 0 Å². The van der Waals surface area contributed by atoms with Gasteiger partial charge in [0.1, 0.15) is 5.76 Å². The Hall–Kier alpha value is -1.96. The lowest BCUT2D eigenvalue weighted by Crippen LogP contribution is -2.02. The van der Waals surface area contributed by atoms with Crippen molar-refractivity contribution in [2.45, 2.75) is 6.42 Å². The van der Waals surface area contributed by atoms with Crippen molar-refractivity contribution >= 4 is 22.2 Å². The number of hydrogen-bond donors (Lipinski definition) is 2. The summed E-state index contributed by atoms with van der Waals surface area (Å²) >= 11 is 0. The SMILES string of the molecule is CNc1ccc2cccc3c2c1C(O)=CC3. The van der Waals surface area contributed by atoms with Crippen molar-refractivity contribution in [3.63, 3.8) is 0 Å². The zero-order valence-electron chi connectivity index (χ0n) is 9.12. The van der Waals surface area contributed by atoms with Crippen LogP contribution < -0.4 is 5.32 Å². The van der Waals surface area contributed by atoms with Crippen LogP contribution >= 0.6 is 0 Å². The first kappa shape index (κ1) is 9.28. The molecular weight excluding hydrogens is 198 g/mol. The molecule has 80 valence electrons. The number of allylic oxidation sites excluding steroid dienone is 1. The van der Waals surface area contributed by atoms with Crippen molar-refractivity contribution < 1.29 is 5.11 Å². The lowest BCUT2D eigenvalue weighted by molar-refractivity contribution is 0.510. The highest BCUT2D eigenvalue weighted by atomic mass is 16.3. The van der Waals surface area contributed by atoms with Gasteiger partial charge >= 0.3 is 0 Å². The van der Waals surface area contributed by atoms with Gasteiger partial charge in [-0.2, -0.15) is 0 Å². The quantitative estimate of drug-likeness (QED) is 0.758. The Morgan fingerprint density at radius 3 is 2.88 bits per heavy atom.